The molecule has 0 saturated heterocycles. The van der Waals surface area contributed by atoms with Crippen LogP contribution in [0.3, 0.4) is 0 Å². The number of ketones is 1. The number of rotatable bonds is 6. The fourth-order valence-corrected chi connectivity index (χ4v) is 1.52. The quantitative estimate of drug-likeness (QED) is 0.712. The van der Waals surface area contributed by atoms with Crippen LogP contribution >= 0.6 is 0 Å². The number of Topliss-reactive ketones (excluding diaryl/α,β-unsaturated/α-hetero) is 1. The van der Waals surface area contributed by atoms with E-state index in [0.717, 1.165) is 12.0 Å². The second-order valence-corrected chi connectivity index (χ2v) is 4.61. The number of benzene rings is 1. The van der Waals surface area contributed by atoms with E-state index in [-0.39, 0.29) is 18.2 Å². The van der Waals surface area contributed by atoms with Gasteiger partial charge < -0.3 is 4.74 Å². The maximum atomic E-state index is 12.8. The van der Waals surface area contributed by atoms with Gasteiger partial charge in [0, 0.05) is 6.61 Å². The van der Waals surface area contributed by atoms with Crippen LogP contribution in [0, 0.1) is 5.82 Å². The molecule has 1 aromatic carbocycles. The molecule has 0 spiro atoms. The van der Waals surface area contributed by atoms with Crippen molar-refractivity contribution in [3.8, 4) is 0 Å². The van der Waals surface area contributed by atoms with Crippen molar-refractivity contribution in [3.63, 3.8) is 0 Å². The third kappa shape index (κ3) is 3.63. The van der Waals surface area contributed by atoms with Crippen LogP contribution < -0.4 is 0 Å². The van der Waals surface area contributed by atoms with Crippen LogP contribution in [-0.2, 0) is 14.9 Å². The van der Waals surface area contributed by atoms with Gasteiger partial charge >= 0.3 is 0 Å². The van der Waals surface area contributed by atoms with Crippen molar-refractivity contribution in [3.05, 3.63) is 35.6 Å². The fourth-order valence-electron chi connectivity index (χ4n) is 1.52. The van der Waals surface area contributed by atoms with Crippen LogP contribution in [0.5, 0.6) is 0 Å². The Hall–Kier alpha value is -1.22. The van der Waals surface area contributed by atoms with Crippen molar-refractivity contribution in [2.45, 2.75) is 32.6 Å². The number of hydrogen-bond donors (Lipinski definition) is 0. The van der Waals surface area contributed by atoms with Crippen LogP contribution in [0.25, 0.3) is 0 Å². The zero-order valence-corrected chi connectivity index (χ0v) is 10.6. The smallest absolute Gasteiger partial charge is 0.168 e. The van der Waals surface area contributed by atoms with E-state index in [1.807, 2.05) is 20.8 Å². The summed E-state index contributed by atoms with van der Waals surface area (Å²) in [6.07, 6.45) is 0.893. The molecule has 0 aliphatic carbocycles. The molecule has 0 unspecified atom stereocenters. The maximum absolute atomic E-state index is 12.8. The van der Waals surface area contributed by atoms with E-state index in [2.05, 4.69) is 0 Å². The van der Waals surface area contributed by atoms with Crippen LogP contribution in [0.15, 0.2) is 24.3 Å². The van der Waals surface area contributed by atoms with Crippen LogP contribution in [0.2, 0.25) is 0 Å². The molecule has 0 aliphatic rings. The molecule has 0 aromatic heterocycles. The summed E-state index contributed by atoms with van der Waals surface area (Å²) in [6.45, 7) is 6.36. The minimum Gasteiger partial charge on any atom is -0.374 e. The molecule has 94 valence electrons. The molecule has 17 heavy (non-hydrogen) atoms. The van der Waals surface area contributed by atoms with E-state index in [9.17, 15) is 9.18 Å². The van der Waals surface area contributed by atoms with E-state index in [4.69, 9.17) is 4.74 Å². The van der Waals surface area contributed by atoms with Gasteiger partial charge in [0.1, 0.15) is 12.4 Å². The minimum atomic E-state index is -0.637. The molecule has 0 radical (unpaired) electrons. The first kappa shape index (κ1) is 13.8. The average molecular weight is 238 g/mol. The van der Waals surface area contributed by atoms with Gasteiger partial charge in [-0.05, 0) is 38.0 Å². The highest BCUT2D eigenvalue weighted by Gasteiger charge is 2.29. The summed E-state index contributed by atoms with van der Waals surface area (Å²) in [5.74, 6) is -0.281. The first-order chi connectivity index (χ1) is 7.98. The summed E-state index contributed by atoms with van der Waals surface area (Å²) in [6, 6.07) is 6.04. The lowest BCUT2D eigenvalue weighted by Gasteiger charge is -2.23. The van der Waals surface area contributed by atoms with Crippen LogP contribution in [0.1, 0.15) is 32.8 Å². The highest BCUT2D eigenvalue weighted by molar-refractivity contribution is 5.90. The molecule has 0 saturated carbocycles. The summed E-state index contributed by atoms with van der Waals surface area (Å²) in [5.41, 5.74) is 0.172. The van der Waals surface area contributed by atoms with Gasteiger partial charge in [-0.1, -0.05) is 19.1 Å². The van der Waals surface area contributed by atoms with E-state index in [1.54, 1.807) is 12.1 Å². The normalized spacial score (nSPS) is 11.5. The molecular formula is C14H19FO2. The number of halogens is 1. The standard InChI is InChI=1S/C14H19FO2/c1-4-9-17-10-13(16)14(2,3)11-5-7-12(15)8-6-11/h5-8H,4,9-10H2,1-3H3. The predicted molar refractivity (Wildman–Crippen MR) is 65.5 cm³/mol. The molecule has 0 fully saturated rings. The average Bonchev–Trinajstić information content (AvgIpc) is 2.29. The molecule has 0 bridgehead atoms. The van der Waals surface area contributed by atoms with Crippen LogP contribution in [-0.4, -0.2) is 19.0 Å². The first-order valence-electron chi connectivity index (χ1n) is 5.85. The van der Waals surface area contributed by atoms with Gasteiger partial charge in [-0.3, -0.25) is 4.79 Å². The van der Waals surface area contributed by atoms with Gasteiger partial charge in [0.2, 0.25) is 0 Å². The first-order valence-corrected chi connectivity index (χ1v) is 5.85. The van der Waals surface area contributed by atoms with E-state index in [0.29, 0.717) is 6.61 Å². The molecule has 1 aromatic rings. The molecule has 0 atom stereocenters. The Morgan fingerprint density at radius 1 is 1.29 bits per heavy atom. The SMILES string of the molecule is CCCOCC(=O)C(C)(C)c1ccc(F)cc1. The van der Waals surface area contributed by atoms with Crippen molar-refractivity contribution in [1.82, 2.24) is 0 Å². The van der Waals surface area contributed by atoms with Crippen molar-refractivity contribution >= 4 is 5.78 Å². The van der Waals surface area contributed by atoms with Gasteiger partial charge in [-0.2, -0.15) is 0 Å². The molecule has 0 amide bonds. The molecule has 1 rings (SSSR count). The van der Waals surface area contributed by atoms with Gasteiger partial charge in [0.25, 0.3) is 0 Å². The Morgan fingerprint density at radius 3 is 2.41 bits per heavy atom. The highest BCUT2D eigenvalue weighted by atomic mass is 19.1. The minimum absolute atomic E-state index is 0.0116. The van der Waals surface area contributed by atoms with Gasteiger partial charge in [0.15, 0.2) is 5.78 Å². The zero-order chi connectivity index (χ0) is 12.9. The van der Waals surface area contributed by atoms with E-state index < -0.39 is 5.41 Å². The van der Waals surface area contributed by atoms with Crippen molar-refractivity contribution in [2.75, 3.05) is 13.2 Å². The summed E-state index contributed by atoms with van der Waals surface area (Å²) in [4.78, 5) is 12.0. The monoisotopic (exact) mass is 238 g/mol. The lowest BCUT2D eigenvalue weighted by Crippen LogP contribution is -2.32. The van der Waals surface area contributed by atoms with Crippen molar-refractivity contribution in [2.24, 2.45) is 0 Å². The summed E-state index contributed by atoms with van der Waals surface area (Å²) < 4.78 is 18.1. The number of hydrogen-bond acceptors (Lipinski definition) is 2. The van der Waals surface area contributed by atoms with Gasteiger partial charge in [0.05, 0.1) is 5.41 Å². The Balaban J connectivity index is 2.72. The lowest BCUT2D eigenvalue weighted by atomic mass is 9.81. The van der Waals surface area contributed by atoms with E-state index in [1.165, 1.54) is 12.1 Å². The second kappa shape index (κ2) is 5.92. The highest BCUT2D eigenvalue weighted by Crippen LogP contribution is 2.24. The summed E-state index contributed by atoms with van der Waals surface area (Å²) in [5, 5.41) is 0. The molecule has 0 aliphatic heterocycles. The topological polar surface area (TPSA) is 26.3 Å². The third-order valence-electron chi connectivity index (χ3n) is 2.84. The molecule has 0 heterocycles. The number of ether oxygens (including phenoxy) is 1. The Kier molecular flexibility index (Phi) is 4.82. The van der Waals surface area contributed by atoms with Crippen LogP contribution in [0.4, 0.5) is 4.39 Å². The summed E-state index contributed by atoms with van der Waals surface area (Å²) in [7, 11) is 0. The van der Waals surface area contributed by atoms with Gasteiger partial charge in [-0.25, -0.2) is 4.39 Å². The lowest BCUT2D eigenvalue weighted by molar-refractivity contribution is -0.128. The number of carbonyl (C=O) groups excluding carboxylic acids is 1. The molecule has 0 N–H and O–H groups in total. The van der Waals surface area contributed by atoms with Crippen molar-refractivity contribution in [1.29, 1.82) is 0 Å². The third-order valence-corrected chi connectivity index (χ3v) is 2.84. The van der Waals surface area contributed by atoms with Gasteiger partial charge in [-0.15, -0.1) is 0 Å². The Bertz CT molecular complexity index is 368. The Morgan fingerprint density at radius 2 is 1.88 bits per heavy atom. The zero-order valence-electron chi connectivity index (χ0n) is 10.6. The maximum Gasteiger partial charge on any atom is 0.168 e. The van der Waals surface area contributed by atoms with E-state index >= 15 is 0 Å². The number of carbonyl (C=O) groups is 1. The summed E-state index contributed by atoms with van der Waals surface area (Å²) >= 11 is 0. The largest absolute Gasteiger partial charge is 0.374 e. The second-order valence-electron chi connectivity index (χ2n) is 4.61. The fraction of sp³-hybridized carbons (Fsp3) is 0.500. The predicted octanol–water partition coefficient (Wildman–Crippen LogP) is 3.10. The molecular weight excluding hydrogens is 219 g/mol. The van der Waals surface area contributed by atoms with Crippen molar-refractivity contribution < 1.29 is 13.9 Å². The molecule has 3 heteroatoms. The molecule has 2 nitrogen and oxygen atoms in total. The Labute approximate surface area is 102 Å².